The molecule has 1 aliphatic carbocycles. The van der Waals surface area contributed by atoms with E-state index in [0.717, 1.165) is 5.70 Å². The summed E-state index contributed by atoms with van der Waals surface area (Å²) in [4.78, 5) is 2.14. The number of hydrogen-bond donors (Lipinski definition) is 1. The van der Waals surface area contributed by atoms with E-state index in [1.165, 1.54) is 29.7 Å². The van der Waals surface area contributed by atoms with Crippen molar-refractivity contribution in [2.75, 3.05) is 11.9 Å². The Kier molecular flexibility index (Phi) is 3.75. The Morgan fingerprint density at radius 3 is 2.78 bits per heavy atom. The van der Waals surface area contributed by atoms with Crippen LogP contribution in [0.25, 0.3) is 0 Å². The van der Waals surface area contributed by atoms with Crippen LogP contribution < -0.4 is 10.2 Å². The maximum Gasteiger partial charge on any atom is 0.0406 e. The second-order valence-electron chi connectivity index (χ2n) is 5.16. The van der Waals surface area contributed by atoms with Gasteiger partial charge in [0.1, 0.15) is 0 Å². The summed E-state index contributed by atoms with van der Waals surface area (Å²) in [6.45, 7) is 8.31. The monoisotopic (exact) mass is 242 g/mol. The first-order valence-electron chi connectivity index (χ1n) is 6.50. The molecule has 1 aliphatic rings. The summed E-state index contributed by atoms with van der Waals surface area (Å²) in [7, 11) is 2.07. The topological polar surface area (TPSA) is 15.3 Å². The minimum Gasteiger partial charge on any atom is -0.383 e. The first kappa shape index (κ1) is 12.7. The zero-order chi connectivity index (χ0) is 13.1. The highest BCUT2D eigenvalue weighted by molar-refractivity contribution is 5.51. The lowest BCUT2D eigenvalue weighted by molar-refractivity contribution is 0.814. The van der Waals surface area contributed by atoms with Crippen LogP contribution in [-0.4, -0.2) is 13.1 Å². The number of allylic oxidation sites excluding steroid dienone is 1. The number of nitrogens with one attached hydrogen (secondary N) is 1. The highest BCUT2D eigenvalue weighted by Crippen LogP contribution is 2.22. The number of nitrogens with zero attached hydrogens (tertiary/aromatic N) is 1. The summed E-state index contributed by atoms with van der Waals surface area (Å²) in [5.41, 5.74) is 4.71. The fourth-order valence-electron chi connectivity index (χ4n) is 1.88. The van der Waals surface area contributed by atoms with E-state index in [4.69, 9.17) is 0 Å². The van der Waals surface area contributed by atoms with Gasteiger partial charge in [-0.1, -0.05) is 18.7 Å². The molecular weight excluding hydrogens is 220 g/mol. The van der Waals surface area contributed by atoms with E-state index in [1.54, 1.807) is 0 Å². The van der Waals surface area contributed by atoms with Crippen LogP contribution in [0, 0.1) is 6.92 Å². The zero-order valence-electron chi connectivity index (χ0n) is 11.5. The number of anilines is 1. The normalized spacial score (nSPS) is 15.4. The molecule has 1 N–H and O–H groups in total. The molecule has 1 saturated carbocycles. The largest absolute Gasteiger partial charge is 0.383 e. The highest BCUT2D eigenvalue weighted by atomic mass is 15.1. The third-order valence-corrected chi connectivity index (χ3v) is 3.23. The molecule has 96 valence electrons. The van der Waals surface area contributed by atoms with Crippen LogP contribution in [0.2, 0.25) is 0 Å². The van der Waals surface area contributed by atoms with Gasteiger partial charge in [0.05, 0.1) is 0 Å². The minimum atomic E-state index is 0.658. The van der Waals surface area contributed by atoms with E-state index in [-0.39, 0.29) is 0 Å². The van der Waals surface area contributed by atoms with Crippen molar-refractivity contribution in [2.24, 2.45) is 0 Å². The Hall–Kier alpha value is -1.70. The predicted molar refractivity (Wildman–Crippen MR) is 78.6 cm³/mol. The van der Waals surface area contributed by atoms with Crippen molar-refractivity contribution in [1.82, 2.24) is 5.32 Å². The molecule has 0 aromatic heterocycles. The molecule has 1 aromatic carbocycles. The third kappa shape index (κ3) is 3.39. The highest BCUT2D eigenvalue weighted by Gasteiger charge is 2.21. The van der Waals surface area contributed by atoms with Gasteiger partial charge in [-0.3, -0.25) is 0 Å². The Morgan fingerprint density at radius 2 is 2.17 bits per heavy atom. The third-order valence-electron chi connectivity index (χ3n) is 3.23. The lowest BCUT2D eigenvalue weighted by atomic mass is 10.2. The fourth-order valence-corrected chi connectivity index (χ4v) is 1.88. The van der Waals surface area contributed by atoms with Crippen LogP contribution in [0.3, 0.4) is 0 Å². The molecule has 1 fully saturated rings. The van der Waals surface area contributed by atoms with E-state index in [0.29, 0.717) is 6.04 Å². The van der Waals surface area contributed by atoms with Gasteiger partial charge in [0, 0.05) is 30.7 Å². The summed E-state index contributed by atoms with van der Waals surface area (Å²) in [6, 6.07) is 9.16. The number of aryl methyl sites for hydroxylation is 1. The SMILES string of the molecule is C=C(NC1CC1)/C(C)=C/N(C)c1cccc(C)c1. The fraction of sp³-hybridized carbons (Fsp3) is 0.375. The molecule has 1 aromatic rings. The minimum absolute atomic E-state index is 0.658. The van der Waals surface area contributed by atoms with Crippen LogP contribution in [0.1, 0.15) is 25.3 Å². The van der Waals surface area contributed by atoms with Crippen molar-refractivity contribution in [1.29, 1.82) is 0 Å². The molecule has 2 nitrogen and oxygen atoms in total. The molecule has 18 heavy (non-hydrogen) atoms. The van der Waals surface area contributed by atoms with Crippen molar-refractivity contribution in [3.63, 3.8) is 0 Å². The van der Waals surface area contributed by atoms with E-state index >= 15 is 0 Å². The van der Waals surface area contributed by atoms with Crippen molar-refractivity contribution >= 4 is 5.69 Å². The first-order valence-corrected chi connectivity index (χ1v) is 6.50. The number of hydrogen-bond acceptors (Lipinski definition) is 2. The number of benzene rings is 1. The molecular formula is C16H22N2. The molecule has 0 heterocycles. The van der Waals surface area contributed by atoms with Crippen LogP contribution in [0.5, 0.6) is 0 Å². The van der Waals surface area contributed by atoms with Gasteiger partial charge >= 0.3 is 0 Å². The molecule has 0 aliphatic heterocycles. The van der Waals surface area contributed by atoms with Gasteiger partial charge in [-0.25, -0.2) is 0 Å². The molecule has 0 radical (unpaired) electrons. The maximum absolute atomic E-state index is 4.09. The summed E-state index contributed by atoms with van der Waals surface area (Å²) < 4.78 is 0. The van der Waals surface area contributed by atoms with Crippen molar-refractivity contribution in [3.05, 3.63) is 53.9 Å². The Labute approximate surface area is 110 Å². The molecule has 0 amide bonds. The van der Waals surface area contributed by atoms with Gasteiger partial charge < -0.3 is 10.2 Å². The van der Waals surface area contributed by atoms with Crippen LogP contribution in [-0.2, 0) is 0 Å². The standard InChI is InChI=1S/C16H22N2/c1-12-6-5-7-16(10-12)18(4)11-13(2)14(3)17-15-8-9-15/h5-7,10-11,15,17H,3,8-9H2,1-2,4H3/b13-11+. The van der Waals surface area contributed by atoms with Gasteiger partial charge in [-0.15, -0.1) is 0 Å². The summed E-state index contributed by atoms with van der Waals surface area (Å²) in [5.74, 6) is 0. The van der Waals surface area contributed by atoms with Crippen molar-refractivity contribution in [2.45, 2.75) is 32.7 Å². The molecule has 0 saturated heterocycles. The molecule has 0 bridgehead atoms. The van der Waals surface area contributed by atoms with Gasteiger partial charge in [0.15, 0.2) is 0 Å². The summed E-state index contributed by atoms with van der Waals surface area (Å²) >= 11 is 0. The van der Waals surface area contributed by atoms with Crippen LogP contribution in [0.4, 0.5) is 5.69 Å². The van der Waals surface area contributed by atoms with Crippen LogP contribution >= 0.6 is 0 Å². The van der Waals surface area contributed by atoms with Crippen molar-refractivity contribution < 1.29 is 0 Å². The van der Waals surface area contributed by atoms with Crippen LogP contribution in [0.15, 0.2) is 48.3 Å². The van der Waals surface area contributed by atoms with Gasteiger partial charge in [-0.05, 0) is 50.0 Å². The predicted octanol–water partition coefficient (Wildman–Crippen LogP) is 3.60. The second-order valence-corrected chi connectivity index (χ2v) is 5.16. The van der Waals surface area contributed by atoms with E-state index < -0.39 is 0 Å². The smallest absolute Gasteiger partial charge is 0.0406 e. The molecule has 2 heteroatoms. The Morgan fingerprint density at radius 1 is 1.44 bits per heavy atom. The maximum atomic E-state index is 4.09. The average molecular weight is 242 g/mol. The van der Waals surface area contributed by atoms with E-state index in [2.05, 4.69) is 68.2 Å². The van der Waals surface area contributed by atoms with Gasteiger partial charge in [0.25, 0.3) is 0 Å². The van der Waals surface area contributed by atoms with E-state index in [9.17, 15) is 0 Å². The lowest BCUT2D eigenvalue weighted by Crippen LogP contribution is -2.17. The summed E-state index contributed by atoms with van der Waals surface area (Å²) in [6.07, 6.45) is 4.69. The van der Waals surface area contributed by atoms with Gasteiger partial charge in [-0.2, -0.15) is 0 Å². The van der Waals surface area contributed by atoms with Crippen molar-refractivity contribution in [3.8, 4) is 0 Å². The first-order chi connectivity index (χ1) is 8.56. The molecule has 0 unspecified atom stereocenters. The molecule has 0 atom stereocenters. The Balaban J connectivity index is 2.03. The molecule has 0 spiro atoms. The molecule has 2 rings (SSSR count). The number of rotatable bonds is 5. The Bertz CT molecular complexity index is 470. The zero-order valence-corrected chi connectivity index (χ0v) is 11.5. The summed E-state index contributed by atoms with van der Waals surface area (Å²) in [5, 5.41) is 3.43. The average Bonchev–Trinajstić information content (AvgIpc) is 3.12. The van der Waals surface area contributed by atoms with E-state index in [1.807, 2.05) is 0 Å². The second kappa shape index (κ2) is 5.30. The quantitative estimate of drug-likeness (QED) is 0.794. The van der Waals surface area contributed by atoms with Gasteiger partial charge in [0.2, 0.25) is 0 Å². The lowest BCUT2D eigenvalue weighted by Gasteiger charge is -2.17.